The first-order valence-electron chi connectivity index (χ1n) is 14.5. The third kappa shape index (κ3) is 3.96. The summed E-state index contributed by atoms with van der Waals surface area (Å²) in [4.78, 5) is 9.18. The molecule has 0 saturated carbocycles. The Hall–Kier alpha value is -5.29. The number of halogens is 1. The molecule has 3 aromatic heterocycles. The summed E-state index contributed by atoms with van der Waals surface area (Å²) in [6, 6.07) is 37.6. The molecule has 1 aliphatic rings. The molecular formula is C38H28FN3O. The maximum atomic E-state index is 16.4. The van der Waals surface area contributed by atoms with Gasteiger partial charge in [-0.1, -0.05) is 86.6 Å². The Labute approximate surface area is 249 Å². The van der Waals surface area contributed by atoms with Crippen LogP contribution in [0.1, 0.15) is 42.3 Å². The number of aromatic nitrogens is 3. The zero-order valence-electron chi connectivity index (χ0n) is 23.8. The van der Waals surface area contributed by atoms with Crippen molar-refractivity contribution in [2.75, 3.05) is 0 Å². The van der Waals surface area contributed by atoms with Gasteiger partial charge in [0.2, 0.25) is 0 Å². The fraction of sp³-hybridized carbons (Fsp3) is 0.105. The zero-order valence-corrected chi connectivity index (χ0v) is 23.8. The highest BCUT2D eigenvalue weighted by atomic mass is 19.1. The Balaban J connectivity index is 1.35. The van der Waals surface area contributed by atoms with Crippen molar-refractivity contribution in [3.05, 3.63) is 150 Å². The molecule has 8 rings (SSSR count). The average molecular weight is 562 g/mol. The van der Waals surface area contributed by atoms with Gasteiger partial charge < -0.3 is 4.74 Å². The molecule has 43 heavy (non-hydrogen) atoms. The molecule has 0 amide bonds. The van der Waals surface area contributed by atoms with E-state index in [4.69, 9.17) is 9.72 Å². The minimum absolute atomic E-state index is 0.266. The largest absolute Gasteiger partial charge is 0.454 e. The van der Waals surface area contributed by atoms with E-state index in [-0.39, 0.29) is 5.41 Å². The lowest BCUT2D eigenvalue weighted by Gasteiger charge is -2.35. The van der Waals surface area contributed by atoms with Crippen molar-refractivity contribution < 1.29 is 9.13 Å². The summed E-state index contributed by atoms with van der Waals surface area (Å²) in [5, 5.41) is 2.05. The number of benzene rings is 4. The van der Waals surface area contributed by atoms with Crippen molar-refractivity contribution in [2.24, 2.45) is 0 Å². The van der Waals surface area contributed by atoms with Gasteiger partial charge >= 0.3 is 0 Å². The van der Waals surface area contributed by atoms with Gasteiger partial charge in [-0.3, -0.25) is 9.55 Å². The van der Waals surface area contributed by atoms with Crippen LogP contribution in [-0.2, 0) is 5.41 Å². The number of fused-ring (bicyclic) bond motifs is 6. The quantitative estimate of drug-likeness (QED) is 0.215. The highest BCUT2D eigenvalue weighted by Crippen LogP contribution is 2.52. The summed E-state index contributed by atoms with van der Waals surface area (Å²) in [6.45, 7) is 4.47. The van der Waals surface area contributed by atoms with Crippen LogP contribution in [0.5, 0.6) is 11.5 Å². The smallest absolute Gasteiger partial charge is 0.156 e. The van der Waals surface area contributed by atoms with E-state index in [2.05, 4.69) is 47.7 Å². The molecule has 0 saturated heterocycles. The monoisotopic (exact) mass is 561 g/mol. The lowest BCUT2D eigenvalue weighted by molar-refractivity contribution is 0.402. The van der Waals surface area contributed by atoms with Gasteiger partial charge in [0.15, 0.2) is 11.9 Å². The molecule has 7 aromatic rings. The summed E-state index contributed by atoms with van der Waals surface area (Å²) in [7, 11) is 0. The van der Waals surface area contributed by atoms with Gasteiger partial charge in [-0.05, 0) is 53.6 Å². The van der Waals surface area contributed by atoms with E-state index < -0.39 is 6.17 Å². The van der Waals surface area contributed by atoms with Gasteiger partial charge in [-0.15, -0.1) is 0 Å². The van der Waals surface area contributed by atoms with Crippen LogP contribution in [0, 0.1) is 0 Å². The lowest BCUT2D eigenvalue weighted by Crippen LogP contribution is -2.24. The molecule has 1 aliphatic heterocycles. The van der Waals surface area contributed by atoms with Crippen LogP contribution >= 0.6 is 0 Å². The first kappa shape index (κ1) is 25.4. The normalized spacial score (nSPS) is 14.2. The van der Waals surface area contributed by atoms with Gasteiger partial charge in [0.25, 0.3) is 0 Å². The first-order valence-corrected chi connectivity index (χ1v) is 14.5. The summed E-state index contributed by atoms with van der Waals surface area (Å²) < 4.78 is 25.2. The molecule has 0 radical (unpaired) electrons. The molecule has 4 aromatic carbocycles. The number of hydrogen-bond donors (Lipinski definition) is 0. The van der Waals surface area contributed by atoms with Gasteiger partial charge in [-0.25, -0.2) is 9.37 Å². The maximum Gasteiger partial charge on any atom is 0.156 e. The number of rotatable bonds is 4. The van der Waals surface area contributed by atoms with Crippen molar-refractivity contribution in [1.82, 2.24) is 14.5 Å². The third-order valence-corrected chi connectivity index (χ3v) is 8.66. The predicted molar refractivity (Wildman–Crippen MR) is 170 cm³/mol. The van der Waals surface area contributed by atoms with Gasteiger partial charge in [-0.2, -0.15) is 0 Å². The Bertz CT molecular complexity index is 2150. The molecule has 1 atom stereocenters. The van der Waals surface area contributed by atoms with E-state index >= 15 is 4.39 Å². The highest BCUT2D eigenvalue weighted by molar-refractivity contribution is 6.12. The molecule has 0 spiro atoms. The summed E-state index contributed by atoms with van der Waals surface area (Å²) >= 11 is 0. The van der Waals surface area contributed by atoms with E-state index in [0.29, 0.717) is 11.1 Å². The number of hydrogen-bond acceptors (Lipinski definition) is 3. The van der Waals surface area contributed by atoms with E-state index in [0.717, 1.165) is 61.5 Å². The fourth-order valence-electron chi connectivity index (χ4n) is 6.48. The van der Waals surface area contributed by atoms with Gasteiger partial charge in [0.05, 0.1) is 16.7 Å². The van der Waals surface area contributed by atoms with E-state index in [1.54, 1.807) is 12.4 Å². The molecule has 0 bridgehead atoms. The summed E-state index contributed by atoms with van der Waals surface area (Å²) in [5.41, 5.74) is 6.66. The number of nitrogens with zero attached hydrogens (tertiary/aromatic N) is 3. The predicted octanol–water partition coefficient (Wildman–Crippen LogP) is 9.73. The van der Waals surface area contributed by atoms with E-state index in [1.807, 2.05) is 91.0 Å². The zero-order chi connectivity index (χ0) is 29.1. The van der Waals surface area contributed by atoms with Crippen molar-refractivity contribution in [2.45, 2.75) is 25.4 Å². The van der Waals surface area contributed by atoms with Crippen LogP contribution in [0.4, 0.5) is 4.39 Å². The molecule has 0 aliphatic carbocycles. The maximum absolute atomic E-state index is 16.4. The summed E-state index contributed by atoms with van der Waals surface area (Å²) in [5.74, 6) is 2.41. The number of ether oxygens (including phenoxy) is 1. The molecule has 4 heterocycles. The number of para-hydroxylation sites is 1. The van der Waals surface area contributed by atoms with Crippen LogP contribution in [0.3, 0.4) is 0 Å². The molecule has 208 valence electrons. The Kier molecular flexibility index (Phi) is 5.70. The molecule has 1 unspecified atom stereocenters. The van der Waals surface area contributed by atoms with Crippen LogP contribution in [0.15, 0.2) is 128 Å². The highest BCUT2D eigenvalue weighted by Gasteiger charge is 2.36. The average Bonchev–Trinajstić information content (AvgIpc) is 3.39. The Morgan fingerprint density at radius 2 is 1.47 bits per heavy atom. The third-order valence-electron chi connectivity index (χ3n) is 8.66. The van der Waals surface area contributed by atoms with Crippen molar-refractivity contribution >= 4 is 21.8 Å². The minimum Gasteiger partial charge on any atom is -0.454 e. The molecular weight excluding hydrogens is 533 g/mol. The second kappa shape index (κ2) is 9.63. The van der Waals surface area contributed by atoms with Crippen LogP contribution in [-0.4, -0.2) is 14.5 Å². The van der Waals surface area contributed by atoms with Crippen LogP contribution < -0.4 is 4.74 Å². The second-order valence-electron chi connectivity index (χ2n) is 11.6. The van der Waals surface area contributed by atoms with Gasteiger partial charge in [0, 0.05) is 45.3 Å². The molecule has 0 N–H and O–H groups in total. The molecule has 0 fully saturated rings. The minimum atomic E-state index is -1.32. The first-order chi connectivity index (χ1) is 21.0. The van der Waals surface area contributed by atoms with E-state index in [9.17, 15) is 0 Å². The van der Waals surface area contributed by atoms with Crippen molar-refractivity contribution in [3.63, 3.8) is 0 Å². The van der Waals surface area contributed by atoms with Gasteiger partial charge in [0.1, 0.15) is 11.6 Å². The SMILES string of the molecule is CC1(C)c2ccccc2Oc2c1ccc1c3ccc(C(F)c4cccc(-c5ccccn5)c4)cc3n(-c3ccccn3)c21. The van der Waals surface area contributed by atoms with Crippen molar-refractivity contribution in [1.29, 1.82) is 0 Å². The Morgan fingerprint density at radius 3 is 2.28 bits per heavy atom. The number of pyridine rings is 2. The fourth-order valence-corrected chi connectivity index (χ4v) is 6.48. The molecule has 5 heteroatoms. The molecule has 4 nitrogen and oxygen atoms in total. The number of alkyl halides is 1. The van der Waals surface area contributed by atoms with Crippen molar-refractivity contribution in [3.8, 4) is 28.6 Å². The Morgan fingerprint density at radius 1 is 0.698 bits per heavy atom. The lowest BCUT2D eigenvalue weighted by atomic mass is 9.75. The van der Waals surface area contributed by atoms with Crippen LogP contribution in [0.2, 0.25) is 0 Å². The van der Waals surface area contributed by atoms with Crippen LogP contribution in [0.25, 0.3) is 38.9 Å². The topological polar surface area (TPSA) is 39.9 Å². The summed E-state index contributed by atoms with van der Waals surface area (Å²) in [6.07, 6.45) is 2.22. The standard InChI is InChI=1S/C38H28FN3O/c1-38(2)29-12-3-4-14-33(29)43-37-30(38)19-18-28-27-17-16-26(23-32(27)42(36(28)37)34-15-6-8-21-41-34)35(39)25-11-9-10-24(22-25)31-13-5-7-20-40-31/h3-23,35H,1-2H3. The second-order valence-corrected chi connectivity index (χ2v) is 11.6. The van der Waals surface area contributed by atoms with E-state index in [1.165, 1.54) is 0 Å².